The number of nitrogens with two attached hydrogens (primary N) is 1. The van der Waals surface area contributed by atoms with Crippen molar-refractivity contribution < 1.29 is 42.7 Å². The third kappa shape index (κ3) is 42.2. The maximum atomic E-state index is 12.6. The molecule has 0 aromatic heterocycles. The van der Waals surface area contributed by atoms with Gasteiger partial charge < -0.3 is 25.2 Å². The topological polar surface area (TPSA) is 155 Å². The molecule has 1 unspecified atom stereocenters. The van der Waals surface area contributed by atoms with Crippen molar-refractivity contribution in [2.75, 3.05) is 33.0 Å². The summed E-state index contributed by atoms with van der Waals surface area (Å²) >= 11 is 0. The van der Waals surface area contributed by atoms with Crippen LogP contribution in [0.5, 0.6) is 0 Å². The molecular formula is C47H76NO9P. The zero-order valence-electron chi connectivity index (χ0n) is 35.4. The molecule has 0 aliphatic heterocycles. The predicted octanol–water partition coefficient (Wildman–Crippen LogP) is 11.4. The van der Waals surface area contributed by atoms with Crippen molar-refractivity contribution in [2.45, 2.75) is 141 Å². The number of aliphatic hydroxyl groups excluding tert-OH is 1. The minimum atomic E-state index is -4.41. The lowest BCUT2D eigenvalue weighted by Crippen LogP contribution is -2.29. The van der Waals surface area contributed by atoms with Crippen LogP contribution in [-0.4, -0.2) is 61.0 Å². The molecule has 0 spiro atoms. The van der Waals surface area contributed by atoms with Gasteiger partial charge in [-0.15, -0.1) is 0 Å². The molecule has 11 heteroatoms. The number of phosphoric acid groups is 1. The second-order valence-corrected chi connectivity index (χ2v) is 15.0. The van der Waals surface area contributed by atoms with E-state index in [1.807, 2.05) is 6.08 Å². The summed E-state index contributed by atoms with van der Waals surface area (Å²) in [4.78, 5) is 34.8. The van der Waals surface area contributed by atoms with Gasteiger partial charge in [-0.3, -0.25) is 18.6 Å². The first-order chi connectivity index (χ1) is 28.3. The molecular weight excluding hydrogens is 753 g/mol. The Hall–Kier alpha value is -3.37. The normalized spacial score (nSPS) is 14.3. The van der Waals surface area contributed by atoms with E-state index in [1.165, 1.54) is 0 Å². The van der Waals surface area contributed by atoms with Crippen LogP contribution >= 0.6 is 7.82 Å². The molecule has 0 amide bonds. The first-order valence-electron chi connectivity index (χ1n) is 21.5. The number of hydrogen-bond donors (Lipinski definition) is 3. The molecule has 0 saturated heterocycles. The lowest BCUT2D eigenvalue weighted by atomic mass is 10.1. The Labute approximate surface area is 351 Å². The molecule has 0 bridgehead atoms. The molecule has 0 aromatic rings. The Morgan fingerprint density at radius 2 is 0.983 bits per heavy atom. The number of phosphoric ester groups is 1. The summed E-state index contributed by atoms with van der Waals surface area (Å²) in [6.45, 7) is 1.48. The van der Waals surface area contributed by atoms with Crippen LogP contribution in [0.4, 0.5) is 0 Å². The summed E-state index contributed by atoms with van der Waals surface area (Å²) < 4.78 is 32.7. The summed E-state index contributed by atoms with van der Waals surface area (Å²) in [5, 5.41) is 8.79. The van der Waals surface area contributed by atoms with Crippen LogP contribution in [0.3, 0.4) is 0 Å². The monoisotopic (exact) mass is 830 g/mol. The van der Waals surface area contributed by atoms with E-state index < -0.39 is 32.5 Å². The predicted molar refractivity (Wildman–Crippen MR) is 239 cm³/mol. The minimum Gasteiger partial charge on any atom is -0.462 e. The fraction of sp³-hybridized carbons (Fsp3) is 0.574. The highest BCUT2D eigenvalue weighted by Gasteiger charge is 2.25. The maximum Gasteiger partial charge on any atom is 0.472 e. The zero-order valence-corrected chi connectivity index (χ0v) is 36.3. The fourth-order valence-corrected chi connectivity index (χ4v) is 5.81. The van der Waals surface area contributed by atoms with Gasteiger partial charge in [0.2, 0.25) is 0 Å². The number of aliphatic hydroxyl groups is 1. The SMILES string of the molecule is CC/C=C\C/C=C\C/C=C\C/C=C\C/C=C\CCCCCC(=O)O[C@H](COC(=O)CCC/C=C\C/C=C\C/C=C\C/C=C\CCCCCO)COP(=O)(O)OCCN. The molecule has 0 aliphatic carbocycles. The average molecular weight is 830 g/mol. The number of rotatable bonds is 39. The van der Waals surface area contributed by atoms with Crippen LogP contribution in [0.25, 0.3) is 0 Å². The van der Waals surface area contributed by atoms with E-state index in [0.29, 0.717) is 19.3 Å². The van der Waals surface area contributed by atoms with Gasteiger partial charge >= 0.3 is 19.8 Å². The lowest BCUT2D eigenvalue weighted by Gasteiger charge is -2.19. The number of esters is 2. The molecule has 10 nitrogen and oxygen atoms in total. The van der Waals surface area contributed by atoms with Crippen LogP contribution in [0.1, 0.15) is 135 Å². The van der Waals surface area contributed by atoms with Crippen molar-refractivity contribution >= 4 is 19.8 Å². The van der Waals surface area contributed by atoms with Gasteiger partial charge in [-0.05, 0) is 103 Å². The smallest absolute Gasteiger partial charge is 0.462 e. The number of unbranched alkanes of at least 4 members (excludes halogenated alkanes) is 7. The van der Waals surface area contributed by atoms with Gasteiger partial charge in [-0.2, -0.15) is 0 Å². The minimum absolute atomic E-state index is 0.0294. The molecule has 58 heavy (non-hydrogen) atoms. The van der Waals surface area contributed by atoms with Crippen molar-refractivity contribution in [3.8, 4) is 0 Å². The number of carbonyl (C=O) groups excluding carboxylic acids is 2. The van der Waals surface area contributed by atoms with E-state index in [1.54, 1.807) is 0 Å². The fourth-order valence-electron chi connectivity index (χ4n) is 5.04. The van der Waals surface area contributed by atoms with Crippen LogP contribution in [0.2, 0.25) is 0 Å². The van der Waals surface area contributed by atoms with Crippen LogP contribution < -0.4 is 5.73 Å². The Bertz CT molecular complexity index is 1310. The van der Waals surface area contributed by atoms with E-state index in [0.717, 1.165) is 96.3 Å². The van der Waals surface area contributed by atoms with Crippen LogP contribution in [-0.2, 0) is 32.7 Å². The molecule has 0 rings (SSSR count). The maximum absolute atomic E-state index is 12.6. The van der Waals surface area contributed by atoms with Crippen molar-refractivity contribution in [1.29, 1.82) is 0 Å². The van der Waals surface area contributed by atoms with Crippen molar-refractivity contribution in [1.82, 2.24) is 0 Å². The number of carbonyl (C=O) groups is 2. The van der Waals surface area contributed by atoms with E-state index >= 15 is 0 Å². The Morgan fingerprint density at radius 1 is 0.552 bits per heavy atom. The van der Waals surface area contributed by atoms with E-state index in [9.17, 15) is 19.0 Å². The standard InChI is InChI=1S/C47H76NO9P/c1-2-3-4-5-6-7-8-9-10-11-12-14-18-21-24-27-30-33-36-39-47(51)57-45(44-56-58(52,53)55-42-40-48)43-54-46(50)38-35-32-29-26-23-20-17-15-13-16-19-22-25-28-31-34-37-41-49/h3-4,6-7,9-10,12-14,16-17,20-22,24-26,29,45,49H,2,5,8,11,15,18-19,23,27-28,30-44,48H2,1H3,(H,52,53)/b4-3-,7-6-,10-9-,14-12-,16-13-,20-17-,24-21-,25-22-,29-26-/t45-/m1/s1. The second kappa shape index (κ2) is 43.2. The van der Waals surface area contributed by atoms with Crippen molar-refractivity contribution in [3.63, 3.8) is 0 Å². The largest absolute Gasteiger partial charge is 0.472 e. The van der Waals surface area contributed by atoms with Gasteiger partial charge in [-0.1, -0.05) is 129 Å². The van der Waals surface area contributed by atoms with E-state index in [-0.39, 0.29) is 39.2 Å². The Balaban J connectivity index is 4.34. The van der Waals surface area contributed by atoms with Gasteiger partial charge in [0.05, 0.1) is 13.2 Å². The number of hydrogen-bond acceptors (Lipinski definition) is 9. The molecule has 0 radical (unpaired) electrons. The zero-order chi connectivity index (χ0) is 42.5. The quantitative estimate of drug-likeness (QED) is 0.0236. The molecule has 0 fully saturated rings. The van der Waals surface area contributed by atoms with Gasteiger partial charge in [0.15, 0.2) is 6.10 Å². The summed E-state index contributed by atoms with van der Waals surface area (Å²) in [7, 11) is -4.41. The highest BCUT2D eigenvalue weighted by molar-refractivity contribution is 7.47. The number of allylic oxidation sites excluding steroid dienone is 18. The van der Waals surface area contributed by atoms with Crippen LogP contribution in [0.15, 0.2) is 109 Å². The molecule has 0 aliphatic rings. The molecule has 2 atom stereocenters. The molecule has 0 heterocycles. The van der Waals surface area contributed by atoms with Gasteiger partial charge in [0.25, 0.3) is 0 Å². The lowest BCUT2D eigenvalue weighted by molar-refractivity contribution is -0.161. The van der Waals surface area contributed by atoms with E-state index in [2.05, 4.69) is 110 Å². The first kappa shape index (κ1) is 54.6. The molecule has 328 valence electrons. The second-order valence-electron chi connectivity index (χ2n) is 13.5. The summed E-state index contributed by atoms with van der Waals surface area (Å²) in [6.07, 6.45) is 54.2. The summed E-state index contributed by atoms with van der Waals surface area (Å²) in [5.74, 6) is -0.959. The molecule has 0 saturated carbocycles. The van der Waals surface area contributed by atoms with Crippen LogP contribution in [0, 0.1) is 0 Å². The number of ether oxygens (including phenoxy) is 2. The van der Waals surface area contributed by atoms with Crippen molar-refractivity contribution in [2.24, 2.45) is 5.73 Å². The third-order valence-corrected chi connectivity index (χ3v) is 9.18. The van der Waals surface area contributed by atoms with Gasteiger partial charge in [0.1, 0.15) is 6.61 Å². The summed E-state index contributed by atoms with van der Waals surface area (Å²) in [6, 6.07) is 0. The molecule has 4 N–H and O–H groups in total. The third-order valence-electron chi connectivity index (χ3n) is 8.20. The average Bonchev–Trinajstić information content (AvgIpc) is 3.21. The Kier molecular flexibility index (Phi) is 40.7. The van der Waals surface area contributed by atoms with Gasteiger partial charge in [-0.25, -0.2) is 4.57 Å². The highest BCUT2D eigenvalue weighted by Crippen LogP contribution is 2.43. The van der Waals surface area contributed by atoms with E-state index in [4.69, 9.17) is 29.4 Å². The molecule has 0 aromatic carbocycles. The summed E-state index contributed by atoms with van der Waals surface area (Å²) in [5.41, 5.74) is 5.34. The highest BCUT2D eigenvalue weighted by atomic mass is 31.2. The van der Waals surface area contributed by atoms with Crippen molar-refractivity contribution in [3.05, 3.63) is 109 Å². The van der Waals surface area contributed by atoms with Gasteiger partial charge in [0, 0.05) is 26.0 Å². The Morgan fingerprint density at radius 3 is 1.45 bits per heavy atom. The first-order valence-corrected chi connectivity index (χ1v) is 23.0.